The number of amides is 6. The smallest absolute Gasteiger partial charge is 0.333 e. The van der Waals surface area contributed by atoms with Gasteiger partial charge in [-0.2, -0.15) is 0 Å². The molecule has 0 saturated heterocycles. The minimum Gasteiger partial charge on any atom is -0.460 e. The maximum atomic E-state index is 12.6. The van der Waals surface area contributed by atoms with Crippen molar-refractivity contribution in [2.45, 2.75) is 92.2 Å². The van der Waals surface area contributed by atoms with Gasteiger partial charge < -0.3 is 41.4 Å². The molecule has 0 fully saturated rings. The van der Waals surface area contributed by atoms with Gasteiger partial charge in [-0.15, -0.1) is 0 Å². The highest BCUT2D eigenvalue weighted by Crippen LogP contribution is 2.07. The number of carbonyl (C=O) groups excluding carboxylic acids is 6. The summed E-state index contributed by atoms with van der Waals surface area (Å²) in [6.45, 7) is 18.6. The summed E-state index contributed by atoms with van der Waals surface area (Å²) in [5.41, 5.74) is 0.549. The van der Waals surface area contributed by atoms with Crippen LogP contribution in [0.15, 0.2) is 24.3 Å². The van der Waals surface area contributed by atoms with E-state index in [2.05, 4.69) is 45.1 Å². The van der Waals surface area contributed by atoms with E-state index >= 15 is 0 Å². The monoisotopic (exact) mass is 652 g/mol. The largest absolute Gasteiger partial charge is 0.460 e. The molecule has 0 aromatic carbocycles. The molecule has 0 aliphatic heterocycles. The van der Waals surface area contributed by atoms with Gasteiger partial charge in [-0.3, -0.25) is 9.59 Å². The van der Waals surface area contributed by atoms with Crippen LogP contribution in [0.2, 0.25) is 0 Å². The van der Waals surface area contributed by atoms with Crippen molar-refractivity contribution < 1.29 is 38.2 Å². The standard InChI is InChI=1S/C32H56N6O8/c1-21(2)25(37-31(43)35-17-19-45-29(41)23(5)6)27(39)33-15-13-11-9-10-12-14-16-34-28(40)26(22(3)4)38-32(44)36-18-20-46-30(42)24(7)8/h21-22,25-26H,5,7,9-20H2,1-4,6,8H3,(H,33,39)(H,34,40)(H2,35,37,43)(H2,36,38,44)/t25-,26-/m0/s1. The number of hydrogen-bond acceptors (Lipinski definition) is 8. The van der Waals surface area contributed by atoms with Crippen LogP contribution < -0.4 is 31.9 Å². The second kappa shape index (κ2) is 24.2. The van der Waals surface area contributed by atoms with Gasteiger partial charge in [0.2, 0.25) is 11.8 Å². The Hall–Kier alpha value is -4.10. The summed E-state index contributed by atoms with van der Waals surface area (Å²) in [5, 5.41) is 16.2. The number of urea groups is 2. The molecule has 0 unspecified atom stereocenters. The van der Waals surface area contributed by atoms with Gasteiger partial charge in [0, 0.05) is 24.2 Å². The molecule has 0 aromatic heterocycles. The Labute approximate surface area is 273 Å². The number of rotatable bonds is 23. The van der Waals surface area contributed by atoms with Crippen LogP contribution in [-0.2, 0) is 28.7 Å². The van der Waals surface area contributed by atoms with Crippen molar-refractivity contribution in [3.05, 3.63) is 24.3 Å². The summed E-state index contributed by atoms with van der Waals surface area (Å²) >= 11 is 0. The molecule has 262 valence electrons. The Bertz CT molecular complexity index is 950. The van der Waals surface area contributed by atoms with E-state index in [1.165, 1.54) is 13.8 Å². The zero-order valence-corrected chi connectivity index (χ0v) is 28.5. The fourth-order valence-electron chi connectivity index (χ4n) is 3.92. The molecular formula is C32H56N6O8. The second-order valence-electron chi connectivity index (χ2n) is 11.8. The van der Waals surface area contributed by atoms with Crippen LogP contribution in [0, 0.1) is 11.8 Å². The molecule has 6 amide bonds. The normalized spacial score (nSPS) is 11.9. The first kappa shape index (κ1) is 41.9. The van der Waals surface area contributed by atoms with Crippen molar-refractivity contribution in [3.63, 3.8) is 0 Å². The summed E-state index contributed by atoms with van der Waals surface area (Å²) in [7, 11) is 0. The molecule has 0 saturated carbocycles. The fraction of sp³-hybridized carbons (Fsp3) is 0.688. The van der Waals surface area contributed by atoms with Crippen molar-refractivity contribution in [2.24, 2.45) is 11.8 Å². The van der Waals surface area contributed by atoms with Gasteiger partial charge in [-0.25, -0.2) is 19.2 Å². The second-order valence-corrected chi connectivity index (χ2v) is 11.8. The van der Waals surface area contributed by atoms with E-state index in [0.717, 1.165) is 38.5 Å². The van der Waals surface area contributed by atoms with Crippen molar-refractivity contribution >= 4 is 35.8 Å². The lowest BCUT2D eigenvalue weighted by atomic mass is 10.0. The highest BCUT2D eigenvalue weighted by molar-refractivity contribution is 5.88. The first-order valence-electron chi connectivity index (χ1n) is 16.0. The third-order valence-electron chi connectivity index (χ3n) is 6.61. The van der Waals surface area contributed by atoms with E-state index in [1.54, 1.807) is 0 Å². The van der Waals surface area contributed by atoms with Crippen LogP contribution >= 0.6 is 0 Å². The molecule has 0 aliphatic rings. The summed E-state index contributed by atoms with van der Waals surface area (Å²) in [4.78, 5) is 72.3. The first-order chi connectivity index (χ1) is 21.7. The molecule has 0 aliphatic carbocycles. The summed E-state index contributed by atoms with van der Waals surface area (Å²) in [5.74, 6) is -1.82. The highest BCUT2D eigenvalue weighted by Gasteiger charge is 2.25. The van der Waals surface area contributed by atoms with Crippen LogP contribution in [0.25, 0.3) is 0 Å². The van der Waals surface area contributed by atoms with Gasteiger partial charge in [0.05, 0.1) is 13.1 Å². The lowest BCUT2D eigenvalue weighted by Gasteiger charge is -2.22. The Balaban J connectivity index is 4.12. The topological polar surface area (TPSA) is 193 Å². The highest BCUT2D eigenvalue weighted by atomic mass is 16.5. The fourth-order valence-corrected chi connectivity index (χ4v) is 3.92. The molecule has 46 heavy (non-hydrogen) atoms. The SMILES string of the molecule is C=C(C)C(=O)OCCNC(=O)N[C@H](C(=O)NCCCCCCCCNC(=O)[C@@H](NC(=O)NCCOC(=O)C(=C)C)C(C)C)C(C)C. The molecule has 14 nitrogen and oxygen atoms in total. The molecule has 0 rings (SSSR count). The molecule has 14 heteroatoms. The van der Waals surface area contributed by atoms with Crippen LogP contribution in [-0.4, -0.2) is 87.3 Å². The van der Waals surface area contributed by atoms with Crippen molar-refractivity contribution in [2.75, 3.05) is 39.4 Å². The Kier molecular flexibility index (Phi) is 22.0. The van der Waals surface area contributed by atoms with E-state index in [0.29, 0.717) is 13.1 Å². The molecular weight excluding hydrogens is 596 g/mol. The van der Waals surface area contributed by atoms with Crippen LogP contribution in [0.1, 0.15) is 80.1 Å². The third-order valence-corrected chi connectivity index (χ3v) is 6.61. The van der Waals surface area contributed by atoms with Gasteiger partial charge in [0.15, 0.2) is 0 Å². The molecule has 6 N–H and O–H groups in total. The van der Waals surface area contributed by atoms with Gasteiger partial charge in [-0.1, -0.05) is 66.5 Å². The molecule has 0 aromatic rings. The Morgan fingerprint density at radius 2 is 0.848 bits per heavy atom. The van der Waals surface area contributed by atoms with Crippen molar-refractivity contribution in [1.82, 2.24) is 31.9 Å². The number of carbonyl (C=O) groups is 6. The number of nitrogens with one attached hydrogen (secondary N) is 6. The van der Waals surface area contributed by atoms with Gasteiger partial charge in [0.25, 0.3) is 0 Å². The predicted molar refractivity (Wildman–Crippen MR) is 176 cm³/mol. The van der Waals surface area contributed by atoms with Gasteiger partial charge >= 0.3 is 24.0 Å². The zero-order chi connectivity index (χ0) is 35.1. The van der Waals surface area contributed by atoms with E-state index < -0.39 is 36.1 Å². The average Bonchev–Trinajstić information content (AvgIpc) is 2.98. The van der Waals surface area contributed by atoms with Crippen LogP contribution in [0.3, 0.4) is 0 Å². The number of unbranched alkanes of at least 4 members (excludes halogenated alkanes) is 5. The molecule has 2 atom stereocenters. The molecule has 0 heterocycles. The molecule has 0 bridgehead atoms. The minimum absolute atomic E-state index is 0.00255. The van der Waals surface area contributed by atoms with Crippen LogP contribution in [0.4, 0.5) is 9.59 Å². The molecule has 0 radical (unpaired) electrons. The maximum Gasteiger partial charge on any atom is 0.333 e. The quantitative estimate of drug-likeness (QED) is 0.0550. The lowest BCUT2D eigenvalue weighted by molar-refractivity contribution is -0.139. The van der Waals surface area contributed by atoms with Crippen molar-refractivity contribution in [1.29, 1.82) is 0 Å². The summed E-state index contributed by atoms with van der Waals surface area (Å²) in [6.07, 6.45) is 5.41. The summed E-state index contributed by atoms with van der Waals surface area (Å²) < 4.78 is 9.84. The van der Waals surface area contributed by atoms with Gasteiger partial charge in [0.1, 0.15) is 25.3 Å². The predicted octanol–water partition coefficient (Wildman–Crippen LogP) is 2.45. The Morgan fingerprint density at radius 3 is 1.15 bits per heavy atom. The van der Waals surface area contributed by atoms with E-state index in [4.69, 9.17) is 9.47 Å². The minimum atomic E-state index is -0.702. The zero-order valence-electron chi connectivity index (χ0n) is 28.5. The van der Waals surface area contributed by atoms with E-state index in [-0.39, 0.29) is 61.1 Å². The van der Waals surface area contributed by atoms with Gasteiger partial charge in [-0.05, 0) is 38.5 Å². The van der Waals surface area contributed by atoms with E-state index in [1.807, 2.05) is 27.7 Å². The Morgan fingerprint density at radius 1 is 0.522 bits per heavy atom. The summed E-state index contributed by atoms with van der Waals surface area (Å²) in [6, 6.07) is -2.44. The first-order valence-corrected chi connectivity index (χ1v) is 16.0. The van der Waals surface area contributed by atoms with Crippen LogP contribution in [0.5, 0.6) is 0 Å². The average molecular weight is 653 g/mol. The molecule has 0 spiro atoms. The van der Waals surface area contributed by atoms with E-state index in [9.17, 15) is 28.8 Å². The third kappa shape index (κ3) is 20.0. The maximum absolute atomic E-state index is 12.6. The van der Waals surface area contributed by atoms with Crippen molar-refractivity contribution in [3.8, 4) is 0 Å². The number of esters is 2. The number of ether oxygens (including phenoxy) is 2. The number of hydrogen-bond donors (Lipinski definition) is 6. The lowest BCUT2D eigenvalue weighted by Crippen LogP contribution is -2.53.